The maximum Gasteiger partial charge on any atom is 0.407 e. The van der Waals surface area contributed by atoms with Crippen molar-refractivity contribution >= 4 is 23.6 Å². The van der Waals surface area contributed by atoms with Crippen LogP contribution in [0.25, 0.3) is 0 Å². The molecule has 27 heavy (non-hydrogen) atoms. The third-order valence-corrected chi connectivity index (χ3v) is 4.81. The molecule has 0 bridgehead atoms. The second-order valence-electron chi connectivity index (χ2n) is 7.80. The van der Waals surface area contributed by atoms with Crippen LogP contribution in [0.15, 0.2) is 6.07 Å². The number of halogens is 1. The van der Waals surface area contributed by atoms with Gasteiger partial charge in [0.2, 0.25) is 0 Å². The van der Waals surface area contributed by atoms with Gasteiger partial charge in [0.05, 0.1) is 5.56 Å². The van der Waals surface area contributed by atoms with Crippen molar-refractivity contribution in [3.8, 4) is 0 Å². The smallest absolute Gasteiger partial charge is 0.407 e. The van der Waals surface area contributed by atoms with Crippen molar-refractivity contribution in [2.75, 3.05) is 17.7 Å². The maximum atomic E-state index is 14.3. The first kappa shape index (κ1) is 20.7. The van der Waals surface area contributed by atoms with E-state index in [1.54, 1.807) is 7.05 Å². The summed E-state index contributed by atoms with van der Waals surface area (Å²) in [6.07, 6.45) is 1.82. The van der Waals surface area contributed by atoms with Crippen molar-refractivity contribution in [2.24, 2.45) is 5.73 Å². The molecular formula is C18H28FN5O3. The highest BCUT2D eigenvalue weighted by atomic mass is 19.1. The summed E-state index contributed by atoms with van der Waals surface area (Å²) in [5.74, 6) is -1.14. The molecule has 1 aliphatic carbocycles. The van der Waals surface area contributed by atoms with Crippen LogP contribution in [0, 0.1) is 5.82 Å². The Labute approximate surface area is 158 Å². The maximum absolute atomic E-state index is 14.3. The number of primary amides is 1. The number of nitrogens with two attached hydrogens (primary N) is 1. The fourth-order valence-corrected chi connectivity index (χ4v) is 3.63. The molecule has 0 aromatic carbocycles. The number of aromatic nitrogens is 1. The minimum atomic E-state index is -0.924. The fourth-order valence-electron chi connectivity index (χ4n) is 3.63. The molecule has 1 fully saturated rings. The highest BCUT2D eigenvalue weighted by molar-refractivity contribution is 5.97. The molecule has 0 saturated heterocycles. The summed E-state index contributed by atoms with van der Waals surface area (Å²) in [4.78, 5) is 28.6. The number of nitrogens with one attached hydrogen (secondary N) is 2. The van der Waals surface area contributed by atoms with Crippen molar-refractivity contribution in [1.29, 1.82) is 0 Å². The van der Waals surface area contributed by atoms with Crippen LogP contribution in [0.4, 0.5) is 20.8 Å². The van der Waals surface area contributed by atoms with Gasteiger partial charge in [-0.15, -0.1) is 0 Å². The summed E-state index contributed by atoms with van der Waals surface area (Å²) >= 11 is 0. The molecule has 8 nitrogen and oxygen atoms in total. The Bertz CT molecular complexity index is 712. The number of carbonyl (C=O) groups excluding carboxylic acids is 1. The quantitative estimate of drug-likeness (QED) is 0.622. The molecule has 1 aliphatic rings. The summed E-state index contributed by atoms with van der Waals surface area (Å²) in [5.41, 5.74) is 4.75. The standard InChI is InChI=1S/C18H28FN5O3/c1-18(2,3)24(17(26)27)11-7-5-10(6-8-11)22-16-13(19)9-12(14(20)25)15(21-4)23-16/h9-11H,5-8H2,1-4H3,(H2,20,25)(H,26,27)(H2,21,22,23)/t10-,11-. The van der Waals surface area contributed by atoms with Gasteiger partial charge in [-0.2, -0.15) is 0 Å². The molecular weight excluding hydrogens is 353 g/mol. The SMILES string of the molecule is CNc1nc(N[C@H]2CC[C@H](N(C(=O)O)C(C)(C)C)CC2)c(F)cc1C(N)=O. The van der Waals surface area contributed by atoms with Crippen LogP contribution in [0.1, 0.15) is 56.8 Å². The van der Waals surface area contributed by atoms with Gasteiger partial charge in [-0.3, -0.25) is 4.79 Å². The fraction of sp³-hybridized carbons (Fsp3) is 0.611. The monoisotopic (exact) mass is 381 g/mol. The molecule has 1 aromatic rings. The van der Waals surface area contributed by atoms with Crippen LogP contribution in [-0.2, 0) is 0 Å². The van der Waals surface area contributed by atoms with Gasteiger partial charge in [0.15, 0.2) is 11.6 Å². The summed E-state index contributed by atoms with van der Waals surface area (Å²) in [6, 6.07) is 0.979. The largest absolute Gasteiger partial charge is 0.465 e. The molecule has 2 amide bonds. The number of carbonyl (C=O) groups is 2. The molecule has 1 aromatic heterocycles. The number of amides is 2. The Morgan fingerprint density at radius 1 is 1.26 bits per heavy atom. The van der Waals surface area contributed by atoms with Crippen molar-refractivity contribution in [3.63, 3.8) is 0 Å². The zero-order chi connectivity index (χ0) is 20.4. The van der Waals surface area contributed by atoms with Crippen LogP contribution in [0.2, 0.25) is 0 Å². The predicted octanol–water partition coefficient (Wildman–Crippen LogP) is 2.86. The third kappa shape index (κ3) is 4.78. The summed E-state index contributed by atoms with van der Waals surface area (Å²) in [7, 11) is 1.58. The van der Waals surface area contributed by atoms with Crippen LogP contribution >= 0.6 is 0 Å². The normalized spacial score (nSPS) is 20.0. The lowest BCUT2D eigenvalue weighted by atomic mass is 9.88. The zero-order valence-electron chi connectivity index (χ0n) is 16.2. The van der Waals surface area contributed by atoms with E-state index in [-0.39, 0.29) is 29.3 Å². The molecule has 0 atom stereocenters. The van der Waals surface area contributed by atoms with Gasteiger partial charge in [0.1, 0.15) is 5.82 Å². The van der Waals surface area contributed by atoms with Gasteiger partial charge < -0.3 is 26.4 Å². The summed E-state index contributed by atoms with van der Waals surface area (Å²) in [5, 5.41) is 15.3. The first-order valence-corrected chi connectivity index (χ1v) is 9.01. The van der Waals surface area contributed by atoms with Crippen molar-refractivity contribution in [2.45, 2.75) is 64.1 Å². The van der Waals surface area contributed by atoms with Crippen LogP contribution in [-0.4, -0.2) is 51.7 Å². The second-order valence-corrected chi connectivity index (χ2v) is 7.80. The second kappa shape index (κ2) is 7.98. The number of rotatable bonds is 5. The van der Waals surface area contributed by atoms with Gasteiger partial charge in [0, 0.05) is 24.7 Å². The molecule has 1 heterocycles. The number of anilines is 2. The van der Waals surface area contributed by atoms with E-state index >= 15 is 0 Å². The van der Waals surface area contributed by atoms with Gasteiger partial charge in [-0.25, -0.2) is 14.2 Å². The molecule has 1 saturated carbocycles. The lowest BCUT2D eigenvalue weighted by Crippen LogP contribution is -2.52. The molecule has 0 aliphatic heterocycles. The van der Waals surface area contributed by atoms with E-state index < -0.39 is 23.4 Å². The van der Waals surface area contributed by atoms with E-state index in [1.807, 2.05) is 20.8 Å². The highest BCUT2D eigenvalue weighted by Gasteiger charge is 2.35. The van der Waals surface area contributed by atoms with Crippen molar-refractivity contribution in [1.82, 2.24) is 9.88 Å². The highest BCUT2D eigenvalue weighted by Crippen LogP contribution is 2.30. The number of hydrogen-bond acceptors (Lipinski definition) is 5. The third-order valence-electron chi connectivity index (χ3n) is 4.81. The molecule has 0 spiro atoms. The molecule has 2 rings (SSSR count). The minimum absolute atomic E-state index is 0.00784. The lowest BCUT2D eigenvalue weighted by molar-refractivity contribution is 0.0556. The predicted molar refractivity (Wildman–Crippen MR) is 102 cm³/mol. The van der Waals surface area contributed by atoms with Gasteiger partial charge in [0.25, 0.3) is 5.91 Å². The van der Waals surface area contributed by atoms with Crippen LogP contribution in [0.5, 0.6) is 0 Å². The van der Waals surface area contributed by atoms with E-state index in [4.69, 9.17) is 5.73 Å². The Morgan fingerprint density at radius 3 is 2.30 bits per heavy atom. The average Bonchev–Trinajstić information content (AvgIpc) is 2.56. The van der Waals surface area contributed by atoms with E-state index in [0.717, 1.165) is 6.07 Å². The Balaban J connectivity index is 2.08. The lowest BCUT2D eigenvalue weighted by Gasteiger charge is -2.42. The number of pyridine rings is 1. The van der Waals surface area contributed by atoms with E-state index in [0.29, 0.717) is 25.7 Å². The summed E-state index contributed by atoms with van der Waals surface area (Å²) < 4.78 is 14.3. The summed E-state index contributed by atoms with van der Waals surface area (Å²) in [6.45, 7) is 5.64. The topological polar surface area (TPSA) is 121 Å². The van der Waals surface area contributed by atoms with Gasteiger partial charge in [-0.05, 0) is 52.5 Å². The van der Waals surface area contributed by atoms with Crippen molar-refractivity contribution in [3.05, 3.63) is 17.4 Å². The van der Waals surface area contributed by atoms with E-state index in [9.17, 15) is 19.1 Å². The number of hydrogen-bond donors (Lipinski definition) is 4. The zero-order valence-corrected chi connectivity index (χ0v) is 16.2. The van der Waals surface area contributed by atoms with E-state index in [1.165, 1.54) is 4.90 Å². The molecule has 150 valence electrons. The Hall–Kier alpha value is -2.58. The first-order chi connectivity index (χ1) is 12.5. The molecule has 0 radical (unpaired) electrons. The average molecular weight is 381 g/mol. The van der Waals surface area contributed by atoms with Crippen LogP contribution < -0.4 is 16.4 Å². The van der Waals surface area contributed by atoms with Gasteiger partial charge in [-0.1, -0.05) is 0 Å². The Morgan fingerprint density at radius 2 is 1.85 bits per heavy atom. The Kier molecular flexibility index (Phi) is 6.12. The van der Waals surface area contributed by atoms with Crippen LogP contribution in [0.3, 0.4) is 0 Å². The van der Waals surface area contributed by atoms with Gasteiger partial charge >= 0.3 is 6.09 Å². The van der Waals surface area contributed by atoms with E-state index in [2.05, 4.69) is 15.6 Å². The molecule has 9 heteroatoms. The number of carboxylic acid groups (broad SMARTS) is 1. The van der Waals surface area contributed by atoms with Crippen molar-refractivity contribution < 1.29 is 19.1 Å². The first-order valence-electron chi connectivity index (χ1n) is 9.01. The minimum Gasteiger partial charge on any atom is -0.465 e. The molecule has 5 N–H and O–H groups in total. The molecule has 0 unspecified atom stereocenters. The number of nitrogens with zero attached hydrogens (tertiary/aromatic N) is 2.